The number of carbonyl (C=O) groups is 1. The highest BCUT2D eigenvalue weighted by Crippen LogP contribution is 2.25. The van der Waals surface area contributed by atoms with Crippen LogP contribution in [-0.2, 0) is 11.8 Å². The zero-order valence-electron chi connectivity index (χ0n) is 9.75. The molecule has 0 bridgehead atoms. The van der Waals surface area contributed by atoms with E-state index in [4.69, 9.17) is 4.74 Å². The Bertz CT molecular complexity index is 565. The Morgan fingerprint density at radius 2 is 2.00 bits per heavy atom. The first-order valence-electron chi connectivity index (χ1n) is 5.03. The maximum Gasteiger partial charge on any atom is 0.364 e. The lowest BCUT2D eigenvalue weighted by Gasteiger charge is -2.06. The minimum atomic E-state index is -0.588. The lowest BCUT2D eigenvalue weighted by atomic mass is 10.3. The molecule has 0 fully saturated rings. The SMILES string of the molecule is COC(=O)c1nnn(C)c1Oc1ccc(Br)cc1. The van der Waals surface area contributed by atoms with Crippen molar-refractivity contribution in [1.82, 2.24) is 15.0 Å². The summed E-state index contributed by atoms with van der Waals surface area (Å²) in [5.41, 5.74) is 0.0444. The van der Waals surface area contributed by atoms with Gasteiger partial charge in [-0.05, 0) is 24.3 Å². The Morgan fingerprint density at radius 1 is 1.33 bits per heavy atom. The Morgan fingerprint density at radius 3 is 2.61 bits per heavy atom. The molecular formula is C11H10BrN3O3. The molecule has 0 spiro atoms. The summed E-state index contributed by atoms with van der Waals surface area (Å²) in [6.07, 6.45) is 0. The summed E-state index contributed by atoms with van der Waals surface area (Å²) in [4.78, 5) is 11.5. The average Bonchev–Trinajstić information content (AvgIpc) is 2.73. The molecule has 6 nitrogen and oxygen atoms in total. The van der Waals surface area contributed by atoms with Crippen LogP contribution < -0.4 is 4.74 Å². The van der Waals surface area contributed by atoms with Crippen molar-refractivity contribution in [2.24, 2.45) is 7.05 Å². The van der Waals surface area contributed by atoms with Crippen LogP contribution in [0.1, 0.15) is 10.5 Å². The topological polar surface area (TPSA) is 66.2 Å². The fourth-order valence-electron chi connectivity index (χ4n) is 1.30. The Hall–Kier alpha value is -1.89. The molecule has 2 aromatic rings. The van der Waals surface area contributed by atoms with Crippen LogP contribution in [0.5, 0.6) is 11.6 Å². The maximum atomic E-state index is 11.5. The van der Waals surface area contributed by atoms with Gasteiger partial charge in [0, 0.05) is 11.5 Å². The molecule has 1 aromatic heterocycles. The van der Waals surface area contributed by atoms with E-state index < -0.39 is 5.97 Å². The molecule has 1 heterocycles. The van der Waals surface area contributed by atoms with E-state index in [-0.39, 0.29) is 11.6 Å². The van der Waals surface area contributed by atoms with Crippen LogP contribution in [0.15, 0.2) is 28.7 Å². The van der Waals surface area contributed by atoms with E-state index >= 15 is 0 Å². The second kappa shape index (κ2) is 5.18. The van der Waals surface area contributed by atoms with Crippen LogP contribution in [0, 0.1) is 0 Å². The zero-order chi connectivity index (χ0) is 13.1. The van der Waals surface area contributed by atoms with Crippen molar-refractivity contribution in [3.63, 3.8) is 0 Å². The molecule has 0 radical (unpaired) electrons. The largest absolute Gasteiger partial charge is 0.464 e. The van der Waals surface area contributed by atoms with Crippen molar-refractivity contribution >= 4 is 21.9 Å². The van der Waals surface area contributed by atoms with Crippen molar-refractivity contribution < 1.29 is 14.3 Å². The van der Waals surface area contributed by atoms with Gasteiger partial charge in [-0.1, -0.05) is 21.1 Å². The number of hydrogen-bond donors (Lipinski definition) is 0. The number of hydrogen-bond acceptors (Lipinski definition) is 5. The van der Waals surface area contributed by atoms with E-state index in [0.29, 0.717) is 5.75 Å². The number of aryl methyl sites for hydroxylation is 1. The van der Waals surface area contributed by atoms with Crippen molar-refractivity contribution in [1.29, 1.82) is 0 Å². The van der Waals surface area contributed by atoms with Gasteiger partial charge in [0.1, 0.15) is 5.75 Å². The highest BCUT2D eigenvalue weighted by molar-refractivity contribution is 9.10. The van der Waals surface area contributed by atoms with Crippen molar-refractivity contribution in [3.05, 3.63) is 34.4 Å². The van der Waals surface area contributed by atoms with Crippen LogP contribution >= 0.6 is 15.9 Å². The van der Waals surface area contributed by atoms with Gasteiger partial charge in [-0.25, -0.2) is 9.48 Å². The minimum absolute atomic E-state index is 0.0444. The van der Waals surface area contributed by atoms with Gasteiger partial charge >= 0.3 is 5.97 Å². The monoisotopic (exact) mass is 311 g/mol. The van der Waals surface area contributed by atoms with Gasteiger partial charge in [0.2, 0.25) is 5.69 Å². The molecule has 0 aliphatic rings. The molecule has 7 heteroatoms. The first-order valence-corrected chi connectivity index (χ1v) is 5.82. The second-order valence-electron chi connectivity index (χ2n) is 3.41. The number of methoxy groups -OCH3 is 1. The number of aromatic nitrogens is 3. The predicted molar refractivity (Wildman–Crippen MR) is 66.6 cm³/mol. The van der Waals surface area contributed by atoms with Gasteiger partial charge in [-0.15, -0.1) is 5.10 Å². The van der Waals surface area contributed by atoms with Gasteiger partial charge in [0.15, 0.2) is 0 Å². The molecule has 1 aromatic carbocycles. The number of rotatable bonds is 3. The fraction of sp³-hybridized carbons (Fsp3) is 0.182. The van der Waals surface area contributed by atoms with Gasteiger partial charge in [-0.2, -0.15) is 0 Å². The van der Waals surface area contributed by atoms with Crippen LogP contribution in [0.3, 0.4) is 0 Å². The van der Waals surface area contributed by atoms with Crippen LogP contribution in [0.25, 0.3) is 0 Å². The molecule has 0 N–H and O–H groups in total. The molecule has 0 saturated heterocycles. The van der Waals surface area contributed by atoms with E-state index in [0.717, 1.165) is 4.47 Å². The number of carbonyl (C=O) groups excluding carboxylic acids is 1. The normalized spacial score (nSPS) is 10.2. The number of halogens is 1. The Balaban J connectivity index is 2.31. The van der Waals surface area contributed by atoms with Gasteiger partial charge in [-0.3, -0.25) is 0 Å². The second-order valence-corrected chi connectivity index (χ2v) is 4.33. The molecule has 0 amide bonds. The van der Waals surface area contributed by atoms with Crippen LogP contribution in [0.2, 0.25) is 0 Å². The quantitative estimate of drug-likeness (QED) is 0.813. The van der Waals surface area contributed by atoms with E-state index in [1.54, 1.807) is 19.2 Å². The summed E-state index contributed by atoms with van der Waals surface area (Å²) in [6.45, 7) is 0. The average molecular weight is 312 g/mol. The third-order valence-electron chi connectivity index (χ3n) is 2.18. The van der Waals surface area contributed by atoms with E-state index in [1.807, 2.05) is 12.1 Å². The van der Waals surface area contributed by atoms with Gasteiger partial charge < -0.3 is 9.47 Å². The van der Waals surface area contributed by atoms with Crippen molar-refractivity contribution in [2.45, 2.75) is 0 Å². The van der Waals surface area contributed by atoms with E-state index in [1.165, 1.54) is 11.8 Å². The zero-order valence-corrected chi connectivity index (χ0v) is 11.3. The first kappa shape index (κ1) is 12.6. The third-order valence-corrected chi connectivity index (χ3v) is 2.71. The van der Waals surface area contributed by atoms with Gasteiger partial charge in [0.25, 0.3) is 5.88 Å². The first-order chi connectivity index (χ1) is 8.61. The molecule has 94 valence electrons. The molecular weight excluding hydrogens is 302 g/mol. The third kappa shape index (κ3) is 2.51. The highest BCUT2D eigenvalue weighted by Gasteiger charge is 2.21. The summed E-state index contributed by atoms with van der Waals surface area (Å²) in [5.74, 6) is 0.230. The fourth-order valence-corrected chi connectivity index (χ4v) is 1.57. The van der Waals surface area contributed by atoms with E-state index in [9.17, 15) is 4.79 Å². The van der Waals surface area contributed by atoms with Crippen molar-refractivity contribution in [3.8, 4) is 11.6 Å². The molecule has 2 rings (SSSR count). The van der Waals surface area contributed by atoms with Crippen LogP contribution in [-0.4, -0.2) is 28.1 Å². The standard InChI is InChI=1S/C11H10BrN3O3/c1-15-10(9(13-14-15)11(16)17-2)18-8-5-3-7(12)4-6-8/h3-6H,1-2H3. The smallest absolute Gasteiger partial charge is 0.364 e. The van der Waals surface area contributed by atoms with Gasteiger partial charge in [0.05, 0.1) is 7.11 Å². The van der Waals surface area contributed by atoms with Crippen LogP contribution in [0.4, 0.5) is 0 Å². The van der Waals surface area contributed by atoms with Crippen molar-refractivity contribution in [2.75, 3.05) is 7.11 Å². The lowest BCUT2D eigenvalue weighted by Crippen LogP contribution is -2.04. The summed E-state index contributed by atoms with van der Waals surface area (Å²) in [5, 5.41) is 7.44. The predicted octanol–water partition coefficient (Wildman–Crippen LogP) is 2.16. The Labute approximate surface area is 112 Å². The summed E-state index contributed by atoms with van der Waals surface area (Å²) < 4.78 is 12.5. The summed E-state index contributed by atoms with van der Waals surface area (Å²) in [6, 6.07) is 7.18. The molecule has 0 saturated carbocycles. The molecule has 0 unspecified atom stereocenters. The number of benzene rings is 1. The maximum absolute atomic E-state index is 11.5. The molecule has 18 heavy (non-hydrogen) atoms. The highest BCUT2D eigenvalue weighted by atomic mass is 79.9. The molecule has 0 aliphatic carbocycles. The number of esters is 1. The summed E-state index contributed by atoms with van der Waals surface area (Å²) in [7, 11) is 2.91. The lowest BCUT2D eigenvalue weighted by molar-refractivity contribution is 0.0591. The Kier molecular flexibility index (Phi) is 3.61. The molecule has 0 aliphatic heterocycles. The molecule has 0 atom stereocenters. The van der Waals surface area contributed by atoms with E-state index in [2.05, 4.69) is 31.0 Å². The number of ether oxygens (including phenoxy) is 2. The summed E-state index contributed by atoms with van der Waals surface area (Å²) >= 11 is 3.33. The minimum Gasteiger partial charge on any atom is -0.464 e. The number of nitrogens with zero attached hydrogens (tertiary/aromatic N) is 3.